The molecule has 0 amide bonds. The van der Waals surface area contributed by atoms with Crippen LogP contribution in [0.15, 0.2) is 12.1 Å². The zero-order valence-corrected chi connectivity index (χ0v) is 11.4. The molecule has 0 bridgehead atoms. The molecule has 0 saturated carbocycles. The molecule has 0 saturated heterocycles. The molecule has 0 atom stereocenters. The van der Waals surface area contributed by atoms with Gasteiger partial charge in [-0.25, -0.2) is 0 Å². The minimum Gasteiger partial charge on any atom is -0.490 e. The maximum Gasteiger partial charge on any atom is 0.156 e. The first-order valence-electron chi connectivity index (χ1n) is 4.56. The van der Waals surface area contributed by atoms with E-state index < -0.39 is 0 Å². The summed E-state index contributed by atoms with van der Waals surface area (Å²) in [6.45, 7) is 0.457. The second kappa shape index (κ2) is 6.50. The maximum absolute atomic E-state index is 5.93. The summed E-state index contributed by atoms with van der Waals surface area (Å²) in [5, 5.41) is 1.27. The van der Waals surface area contributed by atoms with Gasteiger partial charge < -0.3 is 10.5 Å². The van der Waals surface area contributed by atoms with Crippen molar-refractivity contribution < 1.29 is 4.74 Å². The smallest absolute Gasteiger partial charge is 0.156 e. The Bertz CT molecular complexity index is 375. The van der Waals surface area contributed by atoms with Crippen LogP contribution in [0.25, 0.3) is 0 Å². The van der Waals surface area contributed by atoms with Crippen LogP contribution in [0.1, 0.15) is 12.8 Å². The van der Waals surface area contributed by atoms with Crippen molar-refractivity contribution in [2.24, 2.45) is 5.73 Å². The van der Waals surface area contributed by atoms with Crippen molar-refractivity contribution in [3.63, 3.8) is 0 Å². The fraction of sp³-hybridized carbons (Fsp3) is 0.300. The number of hydrogen-bond donors (Lipinski definition) is 1. The lowest BCUT2D eigenvalue weighted by molar-refractivity contribution is 0.314. The predicted molar refractivity (Wildman–Crippen MR) is 73.0 cm³/mol. The van der Waals surface area contributed by atoms with Gasteiger partial charge in [-0.1, -0.05) is 47.0 Å². The van der Waals surface area contributed by atoms with Gasteiger partial charge in [-0.3, -0.25) is 0 Å². The van der Waals surface area contributed by atoms with Crippen molar-refractivity contribution in [1.29, 1.82) is 0 Å². The highest BCUT2D eigenvalue weighted by Gasteiger charge is 2.08. The molecule has 0 aliphatic heterocycles. The molecule has 2 N–H and O–H groups in total. The summed E-state index contributed by atoms with van der Waals surface area (Å²) in [6.07, 6.45) is 1.36. The Hall–Kier alpha value is -0.220. The van der Waals surface area contributed by atoms with Crippen LogP contribution in [-0.4, -0.2) is 11.6 Å². The highest BCUT2D eigenvalue weighted by molar-refractivity contribution is 7.80. The SMILES string of the molecule is NC(=S)CCCOc1c(Cl)cc(Cl)cc1Cl. The van der Waals surface area contributed by atoms with E-state index in [2.05, 4.69) is 0 Å². The lowest BCUT2D eigenvalue weighted by atomic mass is 10.3. The van der Waals surface area contributed by atoms with Crippen LogP contribution in [0, 0.1) is 0 Å². The van der Waals surface area contributed by atoms with E-state index in [0.29, 0.717) is 38.8 Å². The average Bonchev–Trinajstić information content (AvgIpc) is 2.14. The molecule has 2 nitrogen and oxygen atoms in total. The summed E-state index contributed by atoms with van der Waals surface area (Å²) < 4.78 is 5.44. The molecule has 0 spiro atoms. The van der Waals surface area contributed by atoms with Crippen LogP contribution in [0.4, 0.5) is 0 Å². The van der Waals surface area contributed by atoms with Gasteiger partial charge in [-0.15, -0.1) is 0 Å². The Kier molecular flexibility index (Phi) is 5.62. The molecule has 0 aliphatic carbocycles. The third-order valence-corrected chi connectivity index (χ3v) is 2.76. The van der Waals surface area contributed by atoms with Gasteiger partial charge in [0.05, 0.1) is 21.6 Å². The normalized spacial score (nSPS) is 10.2. The molecule has 1 rings (SSSR count). The van der Waals surface area contributed by atoms with Gasteiger partial charge in [0.2, 0.25) is 0 Å². The van der Waals surface area contributed by atoms with E-state index >= 15 is 0 Å². The van der Waals surface area contributed by atoms with Crippen molar-refractivity contribution in [1.82, 2.24) is 0 Å². The Morgan fingerprint density at radius 3 is 2.31 bits per heavy atom. The second-order valence-electron chi connectivity index (χ2n) is 3.12. The van der Waals surface area contributed by atoms with Gasteiger partial charge in [0, 0.05) is 11.4 Å². The first-order valence-corrected chi connectivity index (χ1v) is 6.10. The Balaban J connectivity index is 2.57. The number of ether oxygens (including phenoxy) is 1. The van der Waals surface area contributed by atoms with E-state index in [0.717, 1.165) is 6.42 Å². The van der Waals surface area contributed by atoms with Crippen LogP contribution < -0.4 is 10.5 Å². The van der Waals surface area contributed by atoms with Crippen molar-refractivity contribution in [2.45, 2.75) is 12.8 Å². The van der Waals surface area contributed by atoms with Crippen molar-refractivity contribution in [3.8, 4) is 5.75 Å². The quantitative estimate of drug-likeness (QED) is 0.657. The molecule has 0 heterocycles. The highest BCUT2D eigenvalue weighted by Crippen LogP contribution is 2.35. The highest BCUT2D eigenvalue weighted by atomic mass is 35.5. The molecule has 0 aliphatic rings. The minimum atomic E-state index is 0.396. The molecular weight excluding hydrogens is 289 g/mol. The molecule has 1 aromatic carbocycles. The third-order valence-electron chi connectivity index (χ3n) is 1.78. The summed E-state index contributed by atoms with van der Waals surface area (Å²) in [4.78, 5) is 0.469. The second-order valence-corrected chi connectivity index (χ2v) is 4.89. The number of thiocarbonyl (C=S) groups is 1. The van der Waals surface area contributed by atoms with Gasteiger partial charge in [0.15, 0.2) is 5.75 Å². The number of nitrogens with two attached hydrogens (primary N) is 1. The lowest BCUT2D eigenvalue weighted by Gasteiger charge is -2.09. The maximum atomic E-state index is 5.93. The van der Waals surface area contributed by atoms with E-state index in [4.69, 9.17) is 57.5 Å². The number of hydrogen-bond acceptors (Lipinski definition) is 2. The summed E-state index contributed by atoms with van der Waals surface area (Å²) in [5.41, 5.74) is 5.36. The Morgan fingerprint density at radius 1 is 1.25 bits per heavy atom. The average molecular weight is 299 g/mol. The summed E-state index contributed by atoms with van der Waals surface area (Å²) >= 11 is 22.4. The molecule has 0 aromatic heterocycles. The van der Waals surface area contributed by atoms with Crippen LogP contribution in [0.5, 0.6) is 5.75 Å². The van der Waals surface area contributed by atoms with Crippen LogP contribution >= 0.6 is 47.0 Å². The van der Waals surface area contributed by atoms with Gasteiger partial charge in [0.1, 0.15) is 0 Å². The van der Waals surface area contributed by atoms with Crippen LogP contribution in [-0.2, 0) is 0 Å². The monoisotopic (exact) mass is 297 g/mol. The van der Waals surface area contributed by atoms with Gasteiger partial charge in [0.25, 0.3) is 0 Å². The molecule has 16 heavy (non-hydrogen) atoms. The summed E-state index contributed by atoms with van der Waals surface area (Å²) in [6, 6.07) is 3.16. The van der Waals surface area contributed by atoms with E-state index in [1.807, 2.05) is 0 Å². The number of benzene rings is 1. The van der Waals surface area contributed by atoms with E-state index in [9.17, 15) is 0 Å². The van der Waals surface area contributed by atoms with Crippen molar-refractivity contribution in [3.05, 3.63) is 27.2 Å². The Morgan fingerprint density at radius 2 is 1.81 bits per heavy atom. The largest absolute Gasteiger partial charge is 0.490 e. The first kappa shape index (κ1) is 13.8. The van der Waals surface area contributed by atoms with Gasteiger partial charge >= 0.3 is 0 Å². The molecule has 0 fully saturated rings. The molecule has 1 aromatic rings. The minimum absolute atomic E-state index is 0.396. The molecule has 88 valence electrons. The zero-order chi connectivity index (χ0) is 12.1. The summed E-state index contributed by atoms with van der Waals surface area (Å²) in [7, 11) is 0. The fourth-order valence-electron chi connectivity index (χ4n) is 1.09. The molecular formula is C10H10Cl3NOS. The van der Waals surface area contributed by atoms with E-state index in [-0.39, 0.29) is 0 Å². The standard InChI is InChI=1S/C10H10Cl3NOS/c11-6-4-7(12)10(8(13)5-6)15-3-1-2-9(14)16/h4-5H,1-3H2,(H2,14,16). The number of halogens is 3. The molecule has 6 heteroatoms. The molecule has 0 unspecified atom stereocenters. The lowest BCUT2D eigenvalue weighted by Crippen LogP contribution is -2.09. The zero-order valence-electron chi connectivity index (χ0n) is 8.30. The number of rotatable bonds is 5. The Labute approximate surface area is 115 Å². The van der Waals surface area contributed by atoms with Crippen LogP contribution in [0.3, 0.4) is 0 Å². The van der Waals surface area contributed by atoms with Crippen molar-refractivity contribution >= 4 is 52.0 Å². The van der Waals surface area contributed by atoms with E-state index in [1.165, 1.54) is 0 Å². The summed E-state index contributed by atoms with van der Waals surface area (Å²) in [5.74, 6) is 0.440. The third kappa shape index (κ3) is 4.34. The van der Waals surface area contributed by atoms with Crippen molar-refractivity contribution in [2.75, 3.05) is 6.61 Å². The van der Waals surface area contributed by atoms with E-state index in [1.54, 1.807) is 12.1 Å². The predicted octanol–water partition coefficient (Wildman–Crippen LogP) is 4.09. The first-order chi connectivity index (χ1) is 7.50. The van der Waals surface area contributed by atoms with Crippen LogP contribution in [0.2, 0.25) is 15.1 Å². The van der Waals surface area contributed by atoms with Gasteiger partial charge in [-0.2, -0.15) is 0 Å². The fourth-order valence-corrected chi connectivity index (χ4v) is 2.16. The molecule has 0 radical (unpaired) electrons. The topological polar surface area (TPSA) is 35.2 Å². The van der Waals surface area contributed by atoms with Gasteiger partial charge in [-0.05, 0) is 18.6 Å².